The van der Waals surface area contributed by atoms with Gasteiger partial charge >= 0.3 is 0 Å². The Morgan fingerprint density at radius 1 is 1.65 bits per heavy atom. The molecule has 4 heteroatoms. The van der Waals surface area contributed by atoms with Crippen LogP contribution in [0.5, 0.6) is 0 Å². The molecule has 0 saturated carbocycles. The van der Waals surface area contributed by atoms with Crippen molar-refractivity contribution in [1.29, 1.82) is 0 Å². The van der Waals surface area contributed by atoms with Crippen LogP contribution in [0.4, 0.5) is 0 Å². The van der Waals surface area contributed by atoms with E-state index in [1.165, 1.54) is 0 Å². The monoisotopic (exact) mass is 233 g/mol. The summed E-state index contributed by atoms with van der Waals surface area (Å²) in [6, 6.07) is 4.07. The van der Waals surface area contributed by atoms with Gasteiger partial charge in [-0.3, -0.25) is 9.78 Å². The van der Waals surface area contributed by atoms with Crippen LogP contribution in [0.25, 0.3) is 0 Å². The van der Waals surface area contributed by atoms with Gasteiger partial charge in [0.15, 0.2) is 0 Å². The molecule has 0 bridgehead atoms. The van der Waals surface area contributed by atoms with Crippen molar-refractivity contribution in [2.24, 2.45) is 0 Å². The predicted octanol–water partition coefficient (Wildman–Crippen LogP) is 1.30. The van der Waals surface area contributed by atoms with E-state index in [1.807, 2.05) is 11.0 Å². The second kappa shape index (κ2) is 5.77. The minimum Gasteiger partial charge on any atom is -0.337 e. The third-order valence-corrected chi connectivity index (χ3v) is 3.11. The maximum absolute atomic E-state index is 12.2. The molecule has 1 amide bonds. The molecule has 0 radical (unpaired) electrons. The summed E-state index contributed by atoms with van der Waals surface area (Å²) in [6.07, 6.45) is 5.56. The first-order valence-corrected chi connectivity index (χ1v) is 6.24. The highest BCUT2D eigenvalue weighted by Gasteiger charge is 2.23. The van der Waals surface area contributed by atoms with Crippen molar-refractivity contribution in [3.05, 3.63) is 30.1 Å². The zero-order valence-electron chi connectivity index (χ0n) is 10.2. The summed E-state index contributed by atoms with van der Waals surface area (Å²) in [4.78, 5) is 18.1. The Morgan fingerprint density at radius 3 is 3.24 bits per heavy atom. The average molecular weight is 233 g/mol. The van der Waals surface area contributed by atoms with Crippen LogP contribution < -0.4 is 5.32 Å². The van der Waals surface area contributed by atoms with Gasteiger partial charge in [-0.25, -0.2) is 0 Å². The number of pyridine rings is 1. The summed E-state index contributed by atoms with van der Waals surface area (Å²) in [7, 11) is 0. The smallest absolute Gasteiger partial charge is 0.255 e. The van der Waals surface area contributed by atoms with Crippen molar-refractivity contribution in [2.45, 2.75) is 25.8 Å². The lowest BCUT2D eigenvalue weighted by Crippen LogP contribution is -2.47. The number of nitrogens with one attached hydrogen (secondary N) is 1. The Kier molecular flexibility index (Phi) is 4.09. The van der Waals surface area contributed by atoms with Crippen molar-refractivity contribution in [2.75, 3.05) is 19.6 Å². The molecule has 1 fully saturated rings. The van der Waals surface area contributed by atoms with Crippen LogP contribution in [0.1, 0.15) is 30.1 Å². The molecule has 17 heavy (non-hydrogen) atoms. The molecule has 0 spiro atoms. The molecule has 0 aliphatic carbocycles. The molecular weight excluding hydrogens is 214 g/mol. The van der Waals surface area contributed by atoms with E-state index in [1.54, 1.807) is 18.5 Å². The van der Waals surface area contributed by atoms with Gasteiger partial charge in [-0.15, -0.1) is 0 Å². The first-order valence-electron chi connectivity index (χ1n) is 6.24. The molecule has 1 aliphatic rings. The van der Waals surface area contributed by atoms with Gasteiger partial charge in [-0.2, -0.15) is 0 Å². The van der Waals surface area contributed by atoms with Crippen LogP contribution in [0.2, 0.25) is 0 Å². The van der Waals surface area contributed by atoms with Gasteiger partial charge in [0, 0.05) is 31.5 Å². The summed E-state index contributed by atoms with van der Waals surface area (Å²) in [6.45, 7) is 4.72. The first kappa shape index (κ1) is 12.0. The highest BCUT2D eigenvalue weighted by atomic mass is 16.2. The lowest BCUT2D eigenvalue weighted by atomic mass is 10.0. The van der Waals surface area contributed by atoms with Gasteiger partial charge in [0.1, 0.15) is 0 Å². The molecule has 1 atom stereocenters. The van der Waals surface area contributed by atoms with Crippen molar-refractivity contribution in [1.82, 2.24) is 15.2 Å². The largest absolute Gasteiger partial charge is 0.337 e. The molecule has 92 valence electrons. The van der Waals surface area contributed by atoms with Crippen molar-refractivity contribution in [3.63, 3.8) is 0 Å². The fourth-order valence-electron chi connectivity index (χ4n) is 2.29. The fourth-order valence-corrected chi connectivity index (χ4v) is 2.29. The lowest BCUT2D eigenvalue weighted by Gasteiger charge is -2.33. The summed E-state index contributed by atoms with van der Waals surface area (Å²) < 4.78 is 0. The van der Waals surface area contributed by atoms with Gasteiger partial charge in [0.05, 0.1) is 5.56 Å². The maximum atomic E-state index is 12.2. The number of piperidine rings is 1. The SMILES string of the molecule is CCNC1CCCN(C(=O)c2cccnc2)C1. The molecule has 0 aromatic carbocycles. The van der Waals surface area contributed by atoms with E-state index < -0.39 is 0 Å². The second-order valence-electron chi connectivity index (χ2n) is 4.39. The van der Waals surface area contributed by atoms with Crippen molar-refractivity contribution in [3.8, 4) is 0 Å². The van der Waals surface area contributed by atoms with Crippen LogP contribution in [0, 0.1) is 0 Å². The average Bonchev–Trinajstić information content (AvgIpc) is 2.40. The van der Waals surface area contributed by atoms with Crippen molar-refractivity contribution >= 4 is 5.91 Å². The third-order valence-electron chi connectivity index (χ3n) is 3.11. The van der Waals surface area contributed by atoms with Crippen molar-refractivity contribution < 1.29 is 4.79 Å². The van der Waals surface area contributed by atoms with Crippen LogP contribution >= 0.6 is 0 Å². The standard InChI is InChI=1S/C13H19N3O/c1-2-15-12-6-4-8-16(10-12)13(17)11-5-3-7-14-9-11/h3,5,7,9,12,15H,2,4,6,8,10H2,1H3. The zero-order chi connectivity index (χ0) is 12.1. The third kappa shape index (κ3) is 3.03. The molecule has 4 nitrogen and oxygen atoms in total. The van der Waals surface area contributed by atoms with E-state index >= 15 is 0 Å². The lowest BCUT2D eigenvalue weighted by molar-refractivity contribution is 0.0695. The Hall–Kier alpha value is -1.42. The molecule has 1 aromatic heterocycles. The Bertz CT molecular complexity index is 364. The Labute approximate surface area is 102 Å². The highest BCUT2D eigenvalue weighted by molar-refractivity contribution is 5.93. The number of likely N-dealkylation sites (tertiary alicyclic amines) is 1. The summed E-state index contributed by atoms with van der Waals surface area (Å²) in [5.41, 5.74) is 0.685. The van der Waals surface area contributed by atoms with Gasteiger partial charge in [0.2, 0.25) is 0 Å². The number of amides is 1. The van der Waals surface area contributed by atoms with Crippen LogP contribution in [-0.2, 0) is 0 Å². The number of hydrogen-bond acceptors (Lipinski definition) is 3. The highest BCUT2D eigenvalue weighted by Crippen LogP contribution is 2.13. The number of rotatable bonds is 3. The number of likely N-dealkylation sites (N-methyl/N-ethyl adjacent to an activating group) is 1. The molecule has 1 saturated heterocycles. The van der Waals surface area contributed by atoms with Gasteiger partial charge in [-0.05, 0) is 31.5 Å². The topological polar surface area (TPSA) is 45.2 Å². The molecule has 2 rings (SSSR count). The first-order chi connectivity index (χ1) is 8.31. The second-order valence-corrected chi connectivity index (χ2v) is 4.39. The minimum atomic E-state index is 0.0979. The maximum Gasteiger partial charge on any atom is 0.255 e. The van der Waals surface area contributed by atoms with E-state index in [9.17, 15) is 4.79 Å². The van der Waals surface area contributed by atoms with E-state index in [0.717, 1.165) is 32.5 Å². The van der Waals surface area contributed by atoms with E-state index in [-0.39, 0.29) is 5.91 Å². The number of hydrogen-bond donors (Lipinski definition) is 1. The normalized spacial score (nSPS) is 20.3. The predicted molar refractivity (Wildman–Crippen MR) is 66.8 cm³/mol. The number of aromatic nitrogens is 1. The molecule has 1 aliphatic heterocycles. The van der Waals surface area contributed by atoms with Gasteiger partial charge in [-0.1, -0.05) is 6.92 Å². The number of carbonyl (C=O) groups excluding carboxylic acids is 1. The van der Waals surface area contributed by atoms with Crippen LogP contribution in [-0.4, -0.2) is 41.5 Å². The van der Waals surface area contributed by atoms with Crippen LogP contribution in [0.15, 0.2) is 24.5 Å². The minimum absolute atomic E-state index is 0.0979. The van der Waals surface area contributed by atoms with E-state index in [2.05, 4.69) is 17.2 Å². The number of carbonyl (C=O) groups is 1. The Morgan fingerprint density at radius 2 is 2.53 bits per heavy atom. The van der Waals surface area contributed by atoms with E-state index in [4.69, 9.17) is 0 Å². The quantitative estimate of drug-likeness (QED) is 0.855. The zero-order valence-corrected chi connectivity index (χ0v) is 10.2. The summed E-state index contributed by atoms with van der Waals surface area (Å²) in [5, 5.41) is 3.41. The fraction of sp³-hybridized carbons (Fsp3) is 0.538. The molecule has 2 heterocycles. The molecule has 1 N–H and O–H groups in total. The summed E-state index contributed by atoms with van der Waals surface area (Å²) in [5.74, 6) is 0.0979. The van der Waals surface area contributed by atoms with Gasteiger partial charge < -0.3 is 10.2 Å². The number of nitrogens with zero attached hydrogens (tertiary/aromatic N) is 2. The van der Waals surface area contributed by atoms with Gasteiger partial charge in [0.25, 0.3) is 5.91 Å². The Balaban J connectivity index is 2.00. The van der Waals surface area contributed by atoms with Crippen LogP contribution in [0.3, 0.4) is 0 Å². The molecule has 1 unspecified atom stereocenters. The molecular formula is C13H19N3O. The summed E-state index contributed by atoms with van der Waals surface area (Å²) >= 11 is 0. The molecule has 1 aromatic rings. The van der Waals surface area contributed by atoms with E-state index in [0.29, 0.717) is 11.6 Å².